The van der Waals surface area contributed by atoms with Gasteiger partial charge in [0.15, 0.2) is 20.6 Å². The van der Waals surface area contributed by atoms with E-state index in [4.69, 9.17) is 8.94 Å². The van der Waals surface area contributed by atoms with E-state index in [2.05, 4.69) is 41.5 Å². The predicted molar refractivity (Wildman–Crippen MR) is 115 cm³/mol. The van der Waals surface area contributed by atoms with Crippen molar-refractivity contribution in [1.29, 1.82) is 0 Å². The van der Waals surface area contributed by atoms with Gasteiger partial charge in [0.1, 0.15) is 5.76 Å². The Hall–Kier alpha value is -2.38. The van der Waals surface area contributed by atoms with Crippen molar-refractivity contribution in [3.05, 3.63) is 34.4 Å². The van der Waals surface area contributed by atoms with Crippen LogP contribution >= 0.6 is 39.0 Å². The third kappa shape index (κ3) is 5.02. The van der Waals surface area contributed by atoms with Crippen molar-refractivity contribution in [3.8, 4) is 0 Å². The molecule has 0 radical (unpaired) electrons. The lowest BCUT2D eigenvalue weighted by molar-refractivity contribution is -0.113. The molecular weight excluding hydrogens is 496 g/mol. The number of piperazine rings is 1. The van der Waals surface area contributed by atoms with Crippen LogP contribution in [0.25, 0.3) is 0 Å². The van der Waals surface area contributed by atoms with E-state index in [1.807, 2.05) is 0 Å². The van der Waals surface area contributed by atoms with Gasteiger partial charge in [-0.15, -0.1) is 10.2 Å². The molecule has 158 valence electrons. The molecule has 0 spiro atoms. The van der Waals surface area contributed by atoms with Crippen LogP contribution in [-0.2, 0) is 4.79 Å². The molecule has 0 saturated carbocycles. The van der Waals surface area contributed by atoms with Gasteiger partial charge < -0.3 is 24.1 Å². The Morgan fingerprint density at radius 2 is 2.07 bits per heavy atom. The average Bonchev–Trinajstić information content (AvgIpc) is 3.48. The largest absolute Gasteiger partial charge is 0.444 e. The highest BCUT2D eigenvalue weighted by atomic mass is 79.9. The quantitative estimate of drug-likeness (QED) is 0.497. The van der Waals surface area contributed by atoms with Crippen LogP contribution in [-0.4, -0.2) is 64.0 Å². The first-order valence-corrected chi connectivity index (χ1v) is 11.6. The number of nitrogens with one attached hydrogen (secondary N) is 1. The molecule has 0 bridgehead atoms. The molecule has 1 aliphatic heterocycles. The van der Waals surface area contributed by atoms with Crippen LogP contribution in [0.15, 0.2) is 36.1 Å². The Labute approximate surface area is 188 Å². The Kier molecular flexibility index (Phi) is 6.39. The van der Waals surface area contributed by atoms with Gasteiger partial charge in [0, 0.05) is 32.2 Å². The second-order valence-corrected chi connectivity index (χ2v) is 9.35. The number of anilines is 2. The molecule has 3 aromatic rings. The number of furan rings is 1. The molecule has 0 aliphatic carbocycles. The Balaban J connectivity index is 1.25. The molecule has 2 amide bonds. The van der Waals surface area contributed by atoms with Gasteiger partial charge >= 0.3 is 0 Å². The third-order valence-electron chi connectivity index (χ3n) is 4.24. The van der Waals surface area contributed by atoms with Gasteiger partial charge in [-0.05, 0) is 35.0 Å². The summed E-state index contributed by atoms with van der Waals surface area (Å²) in [6.45, 7) is 4.20. The lowest BCUT2D eigenvalue weighted by Gasteiger charge is -2.33. The predicted octanol–water partition coefficient (Wildman–Crippen LogP) is 2.88. The maximum Gasteiger partial charge on any atom is 0.289 e. The number of rotatable bonds is 6. The van der Waals surface area contributed by atoms with E-state index in [1.54, 1.807) is 30.0 Å². The monoisotopic (exact) mass is 512 g/mol. The number of carbonyl (C=O) groups is 2. The van der Waals surface area contributed by atoms with Crippen molar-refractivity contribution in [1.82, 2.24) is 20.3 Å². The molecule has 10 nitrogen and oxygen atoms in total. The molecule has 0 aromatic carbocycles. The van der Waals surface area contributed by atoms with E-state index in [1.165, 1.54) is 23.1 Å². The number of halogens is 1. The molecule has 4 rings (SSSR count). The van der Waals surface area contributed by atoms with Crippen LogP contribution in [0.4, 0.5) is 10.9 Å². The minimum Gasteiger partial charge on any atom is -0.444 e. The zero-order chi connectivity index (χ0) is 21.1. The third-order valence-corrected chi connectivity index (χ3v) is 6.78. The molecule has 3 aromatic heterocycles. The van der Waals surface area contributed by atoms with Gasteiger partial charge in [0.05, 0.1) is 5.75 Å². The van der Waals surface area contributed by atoms with Gasteiger partial charge in [-0.25, -0.2) is 0 Å². The van der Waals surface area contributed by atoms with Gasteiger partial charge in [0.2, 0.25) is 11.0 Å². The molecule has 1 saturated heterocycles. The molecular formula is C17H17BrN6O4S2. The van der Waals surface area contributed by atoms with Crippen molar-refractivity contribution in [2.45, 2.75) is 11.3 Å². The first-order chi connectivity index (χ1) is 14.5. The molecule has 1 N–H and O–H groups in total. The highest BCUT2D eigenvalue weighted by molar-refractivity contribution is 9.10. The number of thioether (sulfide) groups is 1. The fourth-order valence-electron chi connectivity index (χ4n) is 2.81. The number of aryl methyl sites for hydroxylation is 1. The summed E-state index contributed by atoms with van der Waals surface area (Å²) in [5.41, 5.74) is 0. The summed E-state index contributed by atoms with van der Waals surface area (Å²) < 4.78 is 11.5. The number of hydrogen-bond acceptors (Lipinski definition) is 10. The Bertz CT molecular complexity index is 1040. The van der Waals surface area contributed by atoms with Crippen molar-refractivity contribution >= 4 is 61.8 Å². The normalized spacial score (nSPS) is 14.2. The van der Waals surface area contributed by atoms with E-state index in [-0.39, 0.29) is 17.6 Å². The molecule has 30 heavy (non-hydrogen) atoms. The van der Waals surface area contributed by atoms with Gasteiger partial charge in [-0.2, -0.15) is 0 Å². The number of aromatic nitrogens is 3. The van der Waals surface area contributed by atoms with E-state index in [0.29, 0.717) is 52.5 Å². The van der Waals surface area contributed by atoms with Gasteiger partial charge in [-0.3, -0.25) is 9.59 Å². The highest BCUT2D eigenvalue weighted by Gasteiger charge is 2.26. The molecule has 0 unspecified atom stereocenters. The maximum atomic E-state index is 12.5. The number of hydrogen-bond donors (Lipinski definition) is 1. The second-order valence-electron chi connectivity index (χ2n) is 6.39. The fourth-order valence-corrected chi connectivity index (χ4v) is 4.81. The lowest BCUT2D eigenvalue weighted by atomic mass is 10.3. The zero-order valence-electron chi connectivity index (χ0n) is 15.8. The minimum atomic E-state index is -0.193. The van der Waals surface area contributed by atoms with E-state index >= 15 is 0 Å². The SMILES string of the molecule is Cc1cc(NC(=O)CSc2nnc(N3CCN(C(=O)c4ccc(Br)o4)CC3)s2)no1. The topological polar surface area (TPSA) is 118 Å². The molecule has 1 aliphatic rings. The van der Waals surface area contributed by atoms with Crippen molar-refractivity contribution in [3.63, 3.8) is 0 Å². The van der Waals surface area contributed by atoms with Crippen molar-refractivity contribution < 1.29 is 18.5 Å². The smallest absolute Gasteiger partial charge is 0.289 e. The van der Waals surface area contributed by atoms with Gasteiger partial charge in [0.25, 0.3) is 5.91 Å². The highest BCUT2D eigenvalue weighted by Crippen LogP contribution is 2.29. The first kappa shape index (κ1) is 20.9. The summed E-state index contributed by atoms with van der Waals surface area (Å²) in [6.07, 6.45) is 0. The summed E-state index contributed by atoms with van der Waals surface area (Å²) in [7, 11) is 0. The summed E-state index contributed by atoms with van der Waals surface area (Å²) in [5, 5.41) is 15.6. The van der Waals surface area contributed by atoms with E-state index in [0.717, 1.165) is 5.13 Å². The number of carbonyl (C=O) groups excluding carboxylic acids is 2. The van der Waals surface area contributed by atoms with Crippen molar-refractivity contribution in [2.75, 3.05) is 42.1 Å². The molecule has 0 atom stereocenters. The van der Waals surface area contributed by atoms with Crippen LogP contribution in [0.3, 0.4) is 0 Å². The van der Waals surface area contributed by atoms with Crippen LogP contribution in [0, 0.1) is 6.92 Å². The van der Waals surface area contributed by atoms with Crippen LogP contribution in [0.5, 0.6) is 0 Å². The van der Waals surface area contributed by atoms with E-state index in [9.17, 15) is 9.59 Å². The summed E-state index contributed by atoms with van der Waals surface area (Å²) in [4.78, 5) is 28.3. The zero-order valence-corrected chi connectivity index (χ0v) is 19.1. The average molecular weight is 513 g/mol. The molecule has 1 fully saturated rings. The Morgan fingerprint density at radius 3 is 2.73 bits per heavy atom. The fraction of sp³-hybridized carbons (Fsp3) is 0.353. The van der Waals surface area contributed by atoms with Crippen LogP contribution < -0.4 is 10.2 Å². The molecule has 4 heterocycles. The Morgan fingerprint density at radius 1 is 1.27 bits per heavy atom. The van der Waals surface area contributed by atoms with E-state index < -0.39 is 0 Å². The summed E-state index contributed by atoms with van der Waals surface area (Å²) in [5.74, 6) is 1.23. The van der Waals surface area contributed by atoms with Crippen molar-refractivity contribution in [2.24, 2.45) is 0 Å². The second kappa shape index (κ2) is 9.18. The van der Waals surface area contributed by atoms with Gasteiger partial charge in [-0.1, -0.05) is 28.3 Å². The summed E-state index contributed by atoms with van der Waals surface area (Å²) in [6, 6.07) is 5.02. The minimum absolute atomic E-state index is 0.123. The van der Waals surface area contributed by atoms with Crippen LogP contribution in [0.1, 0.15) is 16.3 Å². The first-order valence-electron chi connectivity index (χ1n) is 8.97. The number of amides is 2. The molecule has 13 heteroatoms. The standard InChI is InChI=1S/C17H17BrN6O4S2/c1-10-8-13(22-28-10)19-14(25)9-29-17-21-20-16(30-17)24-6-4-23(5-7-24)15(26)11-2-3-12(18)27-11/h2-3,8H,4-7,9H2,1H3,(H,19,22,25). The maximum absolute atomic E-state index is 12.5. The summed E-state index contributed by atoms with van der Waals surface area (Å²) >= 11 is 5.95. The lowest BCUT2D eigenvalue weighted by Crippen LogP contribution is -2.48. The van der Waals surface area contributed by atoms with Crippen LogP contribution in [0.2, 0.25) is 0 Å². The number of nitrogens with zero attached hydrogens (tertiary/aromatic N) is 5.